The molecule has 18 heavy (non-hydrogen) atoms. The molecule has 5 heteroatoms. The number of nitrogens with zero attached hydrogens (tertiary/aromatic N) is 2. The normalized spacial score (nSPS) is 22.7. The summed E-state index contributed by atoms with van der Waals surface area (Å²) in [5.74, 6) is -0.789. The summed E-state index contributed by atoms with van der Waals surface area (Å²) in [5.41, 5.74) is -0.658. The first-order valence-corrected chi connectivity index (χ1v) is 6.59. The van der Waals surface area contributed by atoms with Crippen LogP contribution in [0.1, 0.15) is 27.7 Å². The zero-order valence-corrected chi connectivity index (χ0v) is 12.3. The van der Waals surface area contributed by atoms with Gasteiger partial charge in [-0.2, -0.15) is 0 Å². The van der Waals surface area contributed by atoms with Gasteiger partial charge in [0.15, 0.2) is 0 Å². The Bertz CT molecular complexity index is 293. The summed E-state index contributed by atoms with van der Waals surface area (Å²) < 4.78 is 0. The van der Waals surface area contributed by atoms with Crippen molar-refractivity contribution in [1.82, 2.24) is 15.1 Å². The molecule has 0 spiro atoms. The predicted octanol–water partition coefficient (Wildman–Crippen LogP) is 0.465. The van der Waals surface area contributed by atoms with Crippen LogP contribution in [-0.4, -0.2) is 71.7 Å². The maximum absolute atomic E-state index is 11.2. The first kappa shape index (κ1) is 15.4. The van der Waals surface area contributed by atoms with Crippen LogP contribution in [0.25, 0.3) is 0 Å². The SMILES string of the molecule is CNC(C)(CN1CCN(C(C)(C)C)CC1)C(=O)O. The Morgan fingerprint density at radius 1 is 1.17 bits per heavy atom. The molecule has 1 atom stereocenters. The molecule has 1 aliphatic rings. The molecule has 0 bridgehead atoms. The molecule has 1 heterocycles. The van der Waals surface area contributed by atoms with Crippen LogP contribution in [-0.2, 0) is 4.79 Å². The highest BCUT2D eigenvalue weighted by molar-refractivity contribution is 5.78. The van der Waals surface area contributed by atoms with Crippen molar-refractivity contribution in [1.29, 1.82) is 0 Å². The van der Waals surface area contributed by atoms with Crippen LogP contribution >= 0.6 is 0 Å². The van der Waals surface area contributed by atoms with Crippen molar-refractivity contribution < 1.29 is 9.90 Å². The van der Waals surface area contributed by atoms with Gasteiger partial charge in [-0.1, -0.05) is 0 Å². The average molecular weight is 257 g/mol. The maximum Gasteiger partial charge on any atom is 0.324 e. The van der Waals surface area contributed by atoms with Crippen molar-refractivity contribution in [3.8, 4) is 0 Å². The molecule has 5 nitrogen and oxygen atoms in total. The molecule has 1 unspecified atom stereocenters. The number of carboxylic acids is 1. The van der Waals surface area contributed by atoms with E-state index in [4.69, 9.17) is 0 Å². The van der Waals surface area contributed by atoms with Gasteiger partial charge in [0.05, 0.1) is 0 Å². The van der Waals surface area contributed by atoms with Crippen LogP contribution in [0.15, 0.2) is 0 Å². The average Bonchev–Trinajstić information content (AvgIpc) is 2.28. The molecule has 0 amide bonds. The second-order valence-electron chi connectivity index (χ2n) is 6.32. The molecule has 1 fully saturated rings. The molecule has 0 aromatic heterocycles. The fourth-order valence-electron chi connectivity index (χ4n) is 2.28. The number of aliphatic carboxylic acids is 1. The van der Waals surface area contributed by atoms with Crippen molar-refractivity contribution in [2.24, 2.45) is 0 Å². The Morgan fingerprint density at radius 3 is 2.00 bits per heavy atom. The second kappa shape index (κ2) is 5.55. The summed E-state index contributed by atoms with van der Waals surface area (Å²) in [6.45, 7) is 12.8. The first-order chi connectivity index (χ1) is 8.19. The van der Waals surface area contributed by atoms with Crippen LogP contribution in [0.3, 0.4) is 0 Å². The van der Waals surface area contributed by atoms with Crippen molar-refractivity contribution in [3.05, 3.63) is 0 Å². The molecule has 0 radical (unpaired) electrons. The summed E-state index contributed by atoms with van der Waals surface area (Å²) >= 11 is 0. The van der Waals surface area contributed by atoms with Crippen LogP contribution in [0.2, 0.25) is 0 Å². The van der Waals surface area contributed by atoms with Gasteiger partial charge in [-0.25, -0.2) is 0 Å². The number of nitrogens with one attached hydrogen (secondary N) is 1. The highest BCUT2D eigenvalue weighted by atomic mass is 16.4. The van der Waals surface area contributed by atoms with Crippen LogP contribution in [0, 0.1) is 0 Å². The van der Waals surface area contributed by atoms with Gasteiger partial charge >= 0.3 is 5.97 Å². The molecule has 1 rings (SSSR count). The minimum atomic E-state index is -0.857. The second-order valence-corrected chi connectivity index (χ2v) is 6.32. The van der Waals surface area contributed by atoms with E-state index in [-0.39, 0.29) is 5.54 Å². The van der Waals surface area contributed by atoms with Crippen LogP contribution in [0.4, 0.5) is 0 Å². The molecule has 1 aliphatic heterocycles. The highest BCUT2D eigenvalue weighted by Crippen LogP contribution is 2.17. The quantitative estimate of drug-likeness (QED) is 0.766. The zero-order valence-electron chi connectivity index (χ0n) is 12.3. The molecule has 0 aromatic carbocycles. The van der Waals surface area contributed by atoms with E-state index < -0.39 is 11.5 Å². The Hall–Kier alpha value is -0.650. The number of likely N-dealkylation sites (N-methyl/N-ethyl adjacent to an activating group) is 1. The maximum atomic E-state index is 11.2. The van der Waals surface area contributed by atoms with E-state index in [1.165, 1.54) is 0 Å². The minimum Gasteiger partial charge on any atom is -0.480 e. The number of carboxylic acid groups (broad SMARTS) is 1. The Balaban J connectivity index is 2.52. The van der Waals surface area contributed by atoms with E-state index in [1.807, 2.05) is 0 Å². The highest BCUT2D eigenvalue weighted by Gasteiger charge is 2.35. The molecular weight excluding hydrogens is 230 g/mol. The summed E-state index contributed by atoms with van der Waals surface area (Å²) in [6.07, 6.45) is 0. The van der Waals surface area contributed by atoms with E-state index in [1.54, 1.807) is 14.0 Å². The topological polar surface area (TPSA) is 55.8 Å². The third kappa shape index (κ3) is 3.67. The van der Waals surface area contributed by atoms with Gasteiger partial charge in [0.25, 0.3) is 0 Å². The van der Waals surface area contributed by atoms with E-state index in [0.29, 0.717) is 6.54 Å². The van der Waals surface area contributed by atoms with E-state index in [9.17, 15) is 9.90 Å². The number of hydrogen-bond donors (Lipinski definition) is 2. The Labute approximate surface area is 110 Å². The summed E-state index contributed by atoms with van der Waals surface area (Å²) in [4.78, 5) is 15.9. The summed E-state index contributed by atoms with van der Waals surface area (Å²) in [5, 5.41) is 12.2. The smallest absolute Gasteiger partial charge is 0.324 e. The lowest BCUT2D eigenvalue weighted by molar-refractivity contribution is -0.145. The lowest BCUT2D eigenvalue weighted by Gasteiger charge is -2.43. The number of rotatable bonds is 4. The monoisotopic (exact) mass is 257 g/mol. The summed E-state index contributed by atoms with van der Waals surface area (Å²) in [7, 11) is 1.71. The lowest BCUT2D eigenvalue weighted by atomic mass is 10.0. The fourth-order valence-corrected chi connectivity index (χ4v) is 2.28. The fraction of sp³-hybridized carbons (Fsp3) is 0.923. The van der Waals surface area contributed by atoms with E-state index in [2.05, 4.69) is 35.9 Å². The van der Waals surface area contributed by atoms with Crippen molar-refractivity contribution >= 4 is 5.97 Å². The van der Waals surface area contributed by atoms with Gasteiger partial charge in [0.1, 0.15) is 5.54 Å². The zero-order chi connectivity index (χ0) is 14.0. The van der Waals surface area contributed by atoms with Gasteiger partial charge in [0, 0.05) is 38.3 Å². The van der Waals surface area contributed by atoms with Crippen molar-refractivity contribution in [2.45, 2.75) is 38.8 Å². The van der Waals surface area contributed by atoms with Gasteiger partial charge < -0.3 is 10.4 Å². The molecule has 1 saturated heterocycles. The molecule has 0 aromatic rings. The van der Waals surface area contributed by atoms with Gasteiger partial charge in [-0.3, -0.25) is 14.6 Å². The largest absolute Gasteiger partial charge is 0.480 e. The molecule has 0 aliphatic carbocycles. The third-order valence-electron chi connectivity index (χ3n) is 3.88. The first-order valence-electron chi connectivity index (χ1n) is 6.59. The molecular formula is C13H27N3O2. The molecule has 106 valence electrons. The predicted molar refractivity (Wildman–Crippen MR) is 72.9 cm³/mol. The summed E-state index contributed by atoms with van der Waals surface area (Å²) in [6, 6.07) is 0. The Kier molecular flexibility index (Phi) is 4.75. The molecule has 2 N–H and O–H groups in total. The number of piperazine rings is 1. The van der Waals surface area contributed by atoms with E-state index >= 15 is 0 Å². The number of carbonyl (C=O) groups is 1. The van der Waals surface area contributed by atoms with Crippen LogP contribution in [0.5, 0.6) is 0 Å². The van der Waals surface area contributed by atoms with Gasteiger partial charge in [0.2, 0.25) is 0 Å². The number of hydrogen-bond acceptors (Lipinski definition) is 4. The van der Waals surface area contributed by atoms with Gasteiger partial charge in [-0.15, -0.1) is 0 Å². The lowest BCUT2D eigenvalue weighted by Crippen LogP contribution is -2.60. The molecule has 0 saturated carbocycles. The van der Waals surface area contributed by atoms with E-state index in [0.717, 1.165) is 26.2 Å². The van der Waals surface area contributed by atoms with Crippen LogP contribution < -0.4 is 5.32 Å². The van der Waals surface area contributed by atoms with Gasteiger partial charge in [-0.05, 0) is 34.7 Å². The minimum absolute atomic E-state index is 0.200. The standard InChI is InChI=1S/C13H27N3O2/c1-12(2,3)16-8-6-15(7-9-16)10-13(4,14-5)11(17)18/h14H,6-10H2,1-5H3,(H,17,18). The third-order valence-corrected chi connectivity index (χ3v) is 3.88. The van der Waals surface area contributed by atoms with Crippen molar-refractivity contribution in [3.63, 3.8) is 0 Å². The van der Waals surface area contributed by atoms with Crippen molar-refractivity contribution in [2.75, 3.05) is 39.8 Å². The Morgan fingerprint density at radius 2 is 1.67 bits per heavy atom.